The summed E-state index contributed by atoms with van der Waals surface area (Å²) in [5.41, 5.74) is -5.13. The molecular formula is C20H26F3N3O5. The Kier molecular flexibility index (Phi) is 11.2. The van der Waals surface area contributed by atoms with Gasteiger partial charge in [0.1, 0.15) is 12.2 Å². The number of halogens is 3. The van der Waals surface area contributed by atoms with E-state index < -0.39 is 40.5 Å². The second-order valence-corrected chi connectivity index (χ2v) is 5.67. The molecule has 0 saturated carbocycles. The number of hydrogen-bond donors (Lipinski definition) is 2. The molecule has 1 aromatic heterocycles. The summed E-state index contributed by atoms with van der Waals surface area (Å²) in [6, 6.07) is 6.71. The molecule has 1 amide bonds. The summed E-state index contributed by atoms with van der Waals surface area (Å²) in [6.07, 6.45) is -3.56. The standard InChI is InChI=1S/C16H14F3N3O5.2C2H6/c1-15(24,9-27-13-4-2-3-7-20-13)14(23)21-10-5-6-12(22(25)26)11(8-10)16(17,18)19;2*1-2/h2-8,24H,9H2,1H3,(H,21,23);2*1-2H3/t15-;;/m0../s1. The molecule has 0 radical (unpaired) electrons. The molecule has 0 unspecified atom stereocenters. The van der Waals surface area contributed by atoms with Crippen molar-refractivity contribution in [3.8, 4) is 5.88 Å². The number of nitro benzene ring substituents is 1. The first-order chi connectivity index (χ1) is 14.5. The summed E-state index contributed by atoms with van der Waals surface area (Å²) in [6.45, 7) is 8.58. The van der Waals surface area contributed by atoms with Crippen LogP contribution in [0.15, 0.2) is 42.6 Å². The van der Waals surface area contributed by atoms with Crippen LogP contribution < -0.4 is 10.1 Å². The van der Waals surface area contributed by atoms with Crippen molar-refractivity contribution >= 4 is 17.3 Å². The van der Waals surface area contributed by atoms with Crippen molar-refractivity contribution in [2.75, 3.05) is 11.9 Å². The second-order valence-electron chi connectivity index (χ2n) is 5.67. The molecule has 2 rings (SSSR count). The van der Waals surface area contributed by atoms with Gasteiger partial charge in [-0.05, 0) is 25.1 Å². The van der Waals surface area contributed by atoms with E-state index in [1.165, 1.54) is 12.3 Å². The Bertz CT molecular complexity index is 844. The average Bonchev–Trinajstić information content (AvgIpc) is 2.75. The summed E-state index contributed by atoms with van der Waals surface area (Å²) in [7, 11) is 0. The molecule has 1 heterocycles. The zero-order valence-electron chi connectivity index (χ0n) is 17.9. The van der Waals surface area contributed by atoms with Crippen molar-refractivity contribution in [1.29, 1.82) is 0 Å². The Morgan fingerprint density at radius 2 is 1.81 bits per heavy atom. The Morgan fingerprint density at radius 1 is 1.19 bits per heavy atom. The Hall–Kier alpha value is -3.21. The maximum Gasteiger partial charge on any atom is 0.423 e. The van der Waals surface area contributed by atoms with Crippen LogP contribution >= 0.6 is 0 Å². The minimum atomic E-state index is -4.99. The number of aliphatic hydroxyl groups is 1. The molecule has 8 nitrogen and oxygen atoms in total. The number of ether oxygens (including phenoxy) is 1. The molecular weight excluding hydrogens is 419 g/mol. The molecule has 1 atom stereocenters. The number of carbonyl (C=O) groups is 1. The molecule has 0 aliphatic carbocycles. The normalized spacial score (nSPS) is 12.2. The van der Waals surface area contributed by atoms with Gasteiger partial charge in [-0.1, -0.05) is 33.8 Å². The van der Waals surface area contributed by atoms with Crippen molar-refractivity contribution in [2.24, 2.45) is 0 Å². The predicted molar refractivity (Wildman–Crippen MR) is 110 cm³/mol. The number of anilines is 1. The van der Waals surface area contributed by atoms with Gasteiger partial charge in [-0.25, -0.2) is 4.98 Å². The Balaban J connectivity index is 0.00000212. The number of aromatic nitrogens is 1. The van der Waals surface area contributed by atoms with E-state index in [2.05, 4.69) is 10.3 Å². The minimum Gasteiger partial charge on any atom is -0.474 e. The summed E-state index contributed by atoms with van der Waals surface area (Å²) < 4.78 is 44.1. The lowest BCUT2D eigenvalue weighted by Gasteiger charge is -2.22. The third-order valence-corrected chi connectivity index (χ3v) is 3.38. The Morgan fingerprint density at radius 3 is 2.29 bits per heavy atom. The van der Waals surface area contributed by atoms with Gasteiger partial charge in [0.25, 0.3) is 11.6 Å². The lowest BCUT2D eigenvalue weighted by Crippen LogP contribution is -2.45. The maximum absolute atomic E-state index is 13.0. The van der Waals surface area contributed by atoms with Crippen LogP contribution in [0.2, 0.25) is 0 Å². The summed E-state index contributed by atoms with van der Waals surface area (Å²) in [5.74, 6) is -0.916. The molecule has 0 bridgehead atoms. The summed E-state index contributed by atoms with van der Waals surface area (Å²) in [4.78, 5) is 25.6. The molecule has 2 aromatic rings. The number of benzene rings is 1. The number of amides is 1. The van der Waals surface area contributed by atoms with E-state index in [0.717, 1.165) is 13.0 Å². The first-order valence-electron chi connectivity index (χ1n) is 9.44. The monoisotopic (exact) mass is 445 g/mol. The first-order valence-corrected chi connectivity index (χ1v) is 9.44. The van der Waals surface area contributed by atoms with Gasteiger partial charge in [0, 0.05) is 24.0 Å². The molecule has 1 aromatic carbocycles. The highest BCUT2D eigenvalue weighted by Gasteiger charge is 2.39. The summed E-state index contributed by atoms with van der Waals surface area (Å²) >= 11 is 0. The van der Waals surface area contributed by atoms with Crippen LogP contribution in [-0.2, 0) is 11.0 Å². The number of hydrogen-bond acceptors (Lipinski definition) is 6. The van der Waals surface area contributed by atoms with Crippen LogP contribution in [0.5, 0.6) is 5.88 Å². The SMILES string of the molecule is CC.CC.C[C@](O)(COc1ccccn1)C(=O)Nc1ccc([N+](=O)[O-])c(C(F)(F)F)c1. The molecule has 0 fully saturated rings. The van der Waals surface area contributed by atoms with Gasteiger partial charge in [-0.2, -0.15) is 13.2 Å². The van der Waals surface area contributed by atoms with E-state index >= 15 is 0 Å². The molecule has 172 valence electrons. The van der Waals surface area contributed by atoms with Crippen LogP contribution in [0, 0.1) is 10.1 Å². The molecule has 2 N–H and O–H groups in total. The van der Waals surface area contributed by atoms with Crippen molar-refractivity contribution in [3.63, 3.8) is 0 Å². The zero-order chi connectivity index (χ0) is 24.2. The van der Waals surface area contributed by atoms with Gasteiger partial charge < -0.3 is 15.2 Å². The topological polar surface area (TPSA) is 115 Å². The van der Waals surface area contributed by atoms with Crippen LogP contribution in [0.1, 0.15) is 40.2 Å². The van der Waals surface area contributed by atoms with Crippen molar-refractivity contribution in [1.82, 2.24) is 4.98 Å². The lowest BCUT2D eigenvalue weighted by atomic mass is 10.1. The highest BCUT2D eigenvalue weighted by Crippen LogP contribution is 2.37. The fraction of sp³-hybridized carbons (Fsp3) is 0.400. The second kappa shape index (κ2) is 12.5. The number of nitrogens with zero attached hydrogens (tertiary/aromatic N) is 2. The van der Waals surface area contributed by atoms with E-state index in [9.17, 15) is 33.2 Å². The van der Waals surface area contributed by atoms with E-state index in [4.69, 9.17) is 4.74 Å². The Labute approximate surface area is 178 Å². The van der Waals surface area contributed by atoms with Gasteiger partial charge >= 0.3 is 6.18 Å². The third kappa shape index (κ3) is 8.59. The number of pyridine rings is 1. The van der Waals surface area contributed by atoms with Crippen LogP contribution in [0.25, 0.3) is 0 Å². The van der Waals surface area contributed by atoms with Crippen molar-refractivity contribution in [2.45, 2.75) is 46.4 Å². The molecule has 31 heavy (non-hydrogen) atoms. The number of carbonyl (C=O) groups excluding carboxylic acids is 1. The summed E-state index contributed by atoms with van der Waals surface area (Å²) in [5, 5.41) is 23.0. The quantitative estimate of drug-likeness (QED) is 0.486. The van der Waals surface area contributed by atoms with Gasteiger partial charge in [0.05, 0.1) is 4.92 Å². The molecule has 11 heteroatoms. The zero-order valence-corrected chi connectivity index (χ0v) is 17.9. The van der Waals surface area contributed by atoms with E-state index in [-0.39, 0.29) is 11.6 Å². The van der Waals surface area contributed by atoms with Gasteiger partial charge in [-0.15, -0.1) is 0 Å². The molecule has 0 saturated heterocycles. The predicted octanol–water partition coefficient (Wildman–Crippen LogP) is 4.83. The van der Waals surface area contributed by atoms with Crippen LogP contribution in [-0.4, -0.2) is 33.1 Å². The van der Waals surface area contributed by atoms with Crippen molar-refractivity contribution < 1.29 is 32.7 Å². The molecule has 0 aliphatic heterocycles. The average molecular weight is 445 g/mol. The fourth-order valence-electron chi connectivity index (χ4n) is 1.98. The van der Waals surface area contributed by atoms with E-state index in [1.54, 1.807) is 12.1 Å². The van der Waals surface area contributed by atoms with Crippen LogP contribution in [0.3, 0.4) is 0 Å². The number of nitrogens with one attached hydrogen (secondary N) is 1. The third-order valence-electron chi connectivity index (χ3n) is 3.38. The fourth-order valence-corrected chi connectivity index (χ4v) is 1.98. The highest BCUT2D eigenvalue weighted by atomic mass is 19.4. The highest BCUT2D eigenvalue weighted by molar-refractivity contribution is 5.97. The number of alkyl halides is 3. The lowest BCUT2D eigenvalue weighted by molar-refractivity contribution is -0.388. The number of rotatable bonds is 6. The van der Waals surface area contributed by atoms with Gasteiger partial charge in [0.2, 0.25) is 5.88 Å². The minimum absolute atomic E-state index is 0.139. The van der Waals surface area contributed by atoms with Gasteiger partial charge in [0.15, 0.2) is 5.60 Å². The molecule has 0 aliphatic rings. The maximum atomic E-state index is 13.0. The van der Waals surface area contributed by atoms with Crippen molar-refractivity contribution in [3.05, 3.63) is 58.3 Å². The first kappa shape index (κ1) is 27.8. The molecule has 0 spiro atoms. The van der Waals surface area contributed by atoms with E-state index in [1.807, 2.05) is 27.7 Å². The van der Waals surface area contributed by atoms with E-state index in [0.29, 0.717) is 12.1 Å². The smallest absolute Gasteiger partial charge is 0.423 e. The largest absolute Gasteiger partial charge is 0.474 e. The van der Waals surface area contributed by atoms with Crippen LogP contribution in [0.4, 0.5) is 24.5 Å². The number of nitro groups is 1. The van der Waals surface area contributed by atoms with Gasteiger partial charge in [-0.3, -0.25) is 14.9 Å².